The van der Waals surface area contributed by atoms with Gasteiger partial charge >= 0.3 is 5.97 Å². The van der Waals surface area contributed by atoms with Gasteiger partial charge in [0.1, 0.15) is 29.9 Å². The van der Waals surface area contributed by atoms with E-state index in [0.717, 1.165) is 74.4 Å². The lowest BCUT2D eigenvalue weighted by atomic mass is 9.98. The molecule has 0 aliphatic heterocycles. The molecule has 356 valence electrons. The van der Waals surface area contributed by atoms with E-state index < -0.39 is 23.8 Å². The average molecular weight is 931 g/mol. The van der Waals surface area contributed by atoms with Crippen molar-refractivity contribution in [2.75, 3.05) is 20.0 Å². The molecule has 0 bridgehead atoms. The molecular formula is C55H58N6O8. The number of para-hydroxylation sites is 3. The Morgan fingerprint density at radius 2 is 1.46 bits per heavy atom. The third-order valence-electron chi connectivity index (χ3n) is 11.7. The van der Waals surface area contributed by atoms with Crippen LogP contribution in [0.15, 0.2) is 140 Å². The standard InChI is InChI=1S/C33H30N4O2.C22H28N2O6/c1-4-9-30-35-31-21(2)18-24(32-34-27-12-7-8-13-28(27)36(32)3)19-29(31)37(30)20-22-14-16-23(17-15-22)25-10-5-6-11-26(25)33(38)39;1-3-28-15-29-14-18(13-16(2)21(25)24-27)23-22(26)17-9-11-20(12-10-17)30-19-7-5-4-6-8-19/h5-8,10-19H,4,9,20H2,1-3H3,(H,38,39);4-12,16,18,27H,3,13-15H2,1-2H3,(H,23,26)(H,24,25)/t;16-,18-/m.0/s1. The van der Waals surface area contributed by atoms with Gasteiger partial charge in [0.25, 0.3) is 5.91 Å². The first-order valence-corrected chi connectivity index (χ1v) is 23.0. The van der Waals surface area contributed by atoms with Gasteiger partial charge in [-0.15, -0.1) is 0 Å². The van der Waals surface area contributed by atoms with E-state index in [1.165, 1.54) is 0 Å². The van der Waals surface area contributed by atoms with E-state index >= 15 is 0 Å². The van der Waals surface area contributed by atoms with Gasteiger partial charge in [-0.1, -0.05) is 86.6 Å². The number of carbonyl (C=O) groups excluding carboxylic acids is 2. The van der Waals surface area contributed by atoms with Crippen molar-refractivity contribution in [3.05, 3.63) is 168 Å². The second kappa shape index (κ2) is 23.4. The van der Waals surface area contributed by atoms with Crippen LogP contribution >= 0.6 is 0 Å². The minimum Gasteiger partial charge on any atom is -0.478 e. The number of rotatable bonds is 19. The molecule has 69 heavy (non-hydrogen) atoms. The van der Waals surface area contributed by atoms with Gasteiger partial charge in [0.15, 0.2) is 0 Å². The summed E-state index contributed by atoms with van der Waals surface area (Å²) in [5.74, 6) is 1.06. The van der Waals surface area contributed by atoms with Crippen molar-refractivity contribution in [2.24, 2.45) is 13.0 Å². The fraction of sp³-hybridized carbons (Fsp3) is 0.255. The van der Waals surface area contributed by atoms with Crippen LogP contribution in [0, 0.1) is 12.8 Å². The first-order chi connectivity index (χ1) is 33.5. The largest absolute Gasteiger partial charge is 0.478 e. The summed E-state index contributed by atoms with van der Waals surface area (Å²) in [7, 11) is 2.06. The van der Waals surface area contributed by atoms with Gasteiger partial charge in [-0.2, -0.15) is 0 Å². The summed E-state index contributed by atoms with van der Waals surface area (Å²) in [6.07, 6.45) is 2.18. The molecule has 8 aromatic rings. The van der Waals surface area contributed by atoms with Gasteiger partial charge in [-0.3, -0.25) is 14.8 Å². The van der Waals surface area contributed by atoms with Crippen LogP contribution in [-0.4, -0.2) is 73.2 Å². The second-order valence-electron chi connectivity index (χ2n) is 16.8. The van der Waals surface area contributed by atoms with Crippen molar-refractivity contribution < 1.29 is 38.9 Å². The maximum Gasteiger partial charge on any atom is 0.336 e. The Hall–Kier alpha value is -7.65. The lowest BCUT2D eigenvalue weighted by molar-refractivity contribution is -0.133. The molecule has 2 heterocycles. The Morgan fingerprint density at radius 1 is 0.768 bits per heavy atom. The van der Waals surface area contributed by atoms with Crippen LogP contribution in [0.1, 0.15) is 71.3 Å². The zero-order chi connectivity index (χ0) is 48.9. The highest BCUT2D eigenvalue weighted by molar-refractivity contribution is 5.96. The summed E-state index contributed by atoms with van der Waals surface area (Å²) < 4.78 is 20.8. The van der Waals surface area contributed by atoms with Crippen molar-refractivity contribution in [3.8, 4) is 34.0 Å². The maximum atomic E-state index is 12.6. The Labute approximate surface area is 401 Å². The number of carboxylic acid groups (broad SMARTS) is 1. The van der Waals surface area contributed by atoms with Gasteiger partial charge < -0.3 is 33.8 Å². The summed E-state index contributed by atoms with van der Waals surface area (Å²) in [6, 6.07) is 43.6. The number of amides is 2. The number of benzene rings is 6. The van der Waals surface area contributed by atoms with E-state index in [-0.39, 0.29) is 19.3 Å². The predicted molar refractivity (Wildman–Crippen MR) is 266 cm³/mol. The summed E-state index contributed by atoms with van der Waals surface area (Å²) in [5, 5.41) is 21.3. The fourth-order valence-corrected chi connectivity index (χ4v) is 8.17. The van der Waals surface area contributed by atoms with E-state index in [4.69, 9.17) is 29.4 Å². The van der Waals surface area contributed by atoms with Crippen LogP contribution in [0.2, 0.25) is 0 Å². The van der Waals surface area contributed by atoms with Gasteiger partial charge in [0.2, 0.25) is 5.91 Å². The highest BCUT2D eigenvalue weighted by Gasteiger charge is 2.22. The molecule has 0 unspecified atom stereocenters. The molecule has 14 nitrogen and oxygen atoms in total. The molecule has 4 N–H and O–H groups in total. The quantitative estimate of drug-likeness (QED) is 0.0264. The third kappa shape index (κ3) is 12.3. The van der Waals surface area contributed by atoms with Crippen LogP contribution in [0.4, 0.5) is 0 Å². The average Bonchev–Trinajstić information content (AvgIpc) is 3.89. The Bertz CT molecular complexity index is 3000. The first-order valence-electron chi connectivity index (χ1n) is 23.0. The molecule has 2 aromatic heterocycles. The number of aryl methyl sites for hydroxylation is 3. The highest BCUT2D eigenvalue weighted by atomic mass is 16.7. The Balaban J connectivity index is 0.000000212. The molecule has 0 aliphatic carbocycles. The normalized spacial score (nSPS) is 12.0. The molecule has 0 spiro atoms. The monoisotopic (exact) mass is 930 g/mol. The lowest BCUT2D eigenvalue weighted by Crippen LogP contribution is -2.41. The van der Waals surface area contributed by atoms with E-state index in [1.807, 2.05) is 79.7 Å². The number of hydrogen-bond donors (Lipinski definition) is 4. The summed E-state index contributed by atoms with van der Waals surface area (Å²) in [6.45, 7) is 9.26. The number of hydrogen-bond acceptors (Lipinski definition) is 9. The molecule has 6 aromatic carbocycles. The van der Waals surface area contributed by atoms with Crippen molar-refractivity contribution in [1.29, 1.82) is 0 Å². The van der Waals surface area contributed by atoms with Gasteiger partial charge in [0.05, 0.1) is 40.3 Å². The van der Waals surface area contributed by atoms with Crippen molar-refractivity contribution in [3.63, 3.8) is 0 Å². The molecule has 2 atom stereocenters. The zero-order valence-corrected chi connectivity index (χ0v) is 39.5. The highest BCUT2D eigenvalue weighted by Crippen LogP contribution is 2.31. The lowest BCUT2D eigenvalue weighted by Gasteiger charge is -2.21. The molecule has 0 saturated carbocycles. The predicted octanol–water partition coefficient (Wildman–Crippen LogP) is 10.4. The van der Waals surface area contributed by atoms with Crippen LogP contribution in [0.5, 0.6) is 11.5 Å². The molecule has 0 radical (unpaired) electrons. The molecular weight excluding hydrogens is 873 g/mol. The van der Waals surface area contributed by atoms with E-state index in [1.54, 1.807) is 48.8 Å². The number of ether oxygens (including phenoxy) is 3. The topological polar surface area (TPSA) is 179 Å². The first kappa shape index (κ1) is 49.3. The fourth-order valence-electron chi connectivity index (χ4n) is 8.17. The molecule has 2 amide bonds. The minimum atomic E-state index is -0.921. The van der Waals surface area contributed by atoms with Crippen molar-refractivity contribution in [1.82, 2.24) is 29.9 Å². The van der Waals surface area contributed by atoms with Crippen LogP contribution in [0.3, 0.4) is 0 Å². The molecule has 14 heteroatoms. The molecule has 0 fully saturated rings. The number of nitrogens with one attached hydrogen (secondary N) is 2. The van der Waals surface area contributed by atoms with E-state index in [9.17, 15) is 19.5 Å². The molecule has 0 aliphatic rings. The number of fused-ring (bicyclic) bond motifs is 2. The number of hydroxylamine groups is 1. The molecule has 8 rings (SSSR count). The summed E-state index contributed by atoms with van der Waals surface area (Å²) in [4.78, 5) is 46.0. The van der Waals surface area contributed by atoms with Crippen LogP contribution < -0.4 is 15.5 Å². The minimum absolute atomic E-state index is 0.0922. The van der Waals surface area contributed by atoms with Gasteiger partial charge in [-0.05, 0) is 116 Å². The number of imidazole rings is 2. The summed E-state index contributed by atoms with van der Waals surface area (Å²) in [5.41, 5.74) is 11.5. The summed E-state index contributed by atoms with van der Waals surface area (Å²) >= 11 is 0. The number of aromatic carboxylic acids is 1. The molecule has 0 saturated heterocycles. The van der Waals surface area contributed by atoms with Crippen molar-refractivity contribution in [2.45, 2.75) is 59.5 Å². The number of aromatic nitrogens is 4. The maximum absolute atomic E-state index is 12.6. The van der Waals surface area contributed by atoms with Crippen molar-refractivity contribution >= 4 is 39.9 Å². The van der Waals surface area contributed by atoms with Crippen LogP contribution in [0.25, 0.3) is 44.6 Å². The Morgan fingerprint density at radius 3 is 2.16 bits per heavy atom. The number of carboxylic acids is 1. The van der Waals surface area contributed by atoms with E-state index in [0.29, 0.717) is 42.2 Å². The Kier molecular flexibility index (Phi) is 16.7. The van der Waals surface area contributed by atoms with E-state index in [2.05, 4.69) is 65.7 Å². The number of carbonyl (C=O) groups is 3. The third-order valence-corrected chi connectivity index (χ3v) is 11.7. The smallest absolute Gasteiger partial charge is 0.336 e. The SMILES string of the molecule is CCCc1nc2c(C)cc(-c3nc4ccccc4n3C)cc2n1Cc1ccc(-c2ccccc2C(=O)O)cc1.CCOCOC[C@H](C[C@H](C)C(=O)NO)NC(=O)c1ccc(Oc2ccccc2)cc1. The van der Waals surface area contributed by atoms with Crippen LogP contribution in [-0.2, 0) is 34.3 Å². The zero-order valence-electron chi connectivity index (χ0n) is 39.5. The number of nitrogens with zero attached hydrogens (tertiary/aromatic N) is 4. The van der Waals surface area contributed by atoms with Gasteiger partial charge in [-0.25, -0.2) is 20.2 Å². The second-order valence-corrected chi connectivity index (χ2v) is 16.8. The van der Waals surface area contributed by atoms with Gasteiger partial charge in [0, 0.05) is 43.7 Å².